The van der Waals surface area contributed by atoms with E-state index in [1.54, 1.807) is 0 Å². The van der Waals surface area contributed by atoms with Crippen LogP contribution in [0.15, 0.2) is 24.3 Å². The number of aliphatic hydroxyl groups excluding tert-OH is 4. The molecule has 4 unspecified atom stereocenters. The monoisotopic (exact) mass is 708 g/mol. The van der Waals surface area contributed by atoms with Crippen molar-refractivity contribution in [3.8, 4) is 0 Å². The Morgan fingerprint density at radius 1 is 0.480 bits per heavy atom. The lowest BCUT2D eigenvalue weighted by molar-refractivity contribution is -0.132. The summed E-state index contributed by atoms with van der Waals surface area (Å²) in [6, 6.07) is -1.00. The first-order chi connectivity index (χ1) is 24.5. The Bertz CT molecular complexity index is 757. The third kappa shape index (κ3) is 32.7. The van der Waals surface area contributed by atoms with Crippen LogP contribution in [0.1, 0.15) is 219 Å². The SMILES string of the molecule is CCCCCC/C=C/CC/C=C/CCCC(O)C(O)C(CO)NC(=O)C(O)CCCCCCCCCCCCCCCCCCCCCCC. The van der Waals surface area contributed by atoms with Crippen LogP contribution in [-0.2, 0) is 4.79 Å². The highest BCUT2D eigenvalue weighted by molar-refractivity contribution is 5.80. The molecule has 0 aromatic rings. The van der Waals surface area contributed by atoms with Gasteiger partial charge in [0.05, 0.1) is 18.8 Å². The van der Waals surface area contributed by atoms with Crippen molar-refractivity contribution >= 4 is 5.91 Å². The second kappa shape index (κ2) is 39.0. The maximum Gasteiger partial charge on any atom is 0.249 e. The molecule has 0 saturated heterocycles. The highest BCUT2D eigenvalue weighted by atomic mass is 16.3. The third-order valence-corrected chi connectivity index (χ3v) is 10.1. The van der Waals surface area contributed by atoms with Crippen LogP contribution in [0.25, 0.3) is 0 Å². The van der Waals surface area contributed by atoms with Gasteiger partial charge in [-0.3, -0.25) is 4.79 Å². The van der Waals surface area contributed by atoms with Crippen molar-refractivity contribution in [2.24, 2.45) is 0 Å². The normalized spacial score (nSPS) is 14.4. The lowest BCUT2D eigenvalue weighted by Gasteiger charge is -2.27. The Kier molecular flexibility index (Phi) is 38.1. The summed E-state index contributed by atoms with van der Waals surface area (Å²) in [7, 11) is 0. The van der Waals surface area contributed by atoms with Crippen LogP contribution >= 0.6 is 0 Å². The van der Waals surface area contributed by atoms with Gasteiger partial charge in [0.25, 0.3) is 0 Å². The molecule has 0 spiro atoms. The maximum atomic E-state index is 12.5. The molecule has 0 bridgehead atoms. The minimum Gasteiger partial charge on any atom is -0.394 e. The van der Waals surface area contributed by atoms with E-state index >= 15 is 0 Å². The Morgan fingerprint density at radius 3 is 1.26 bits per heavy atom. The maximum absolute atomic E-state index is 12.5. The Morgan fingerprint density at radius 2 is 0.840 bits per heavy atom. The second-order valence-corrected chi connectivity index (χ2v) is 15.0. The van der Waals surface area contributed by atoms with E-state index in [0.29, 0.717) is 19.3 Å². The molecule has 6 nitrogen and oxygen atoms in total. The predicted octanol–water partition coefficient (Wildman–Crippen LogP) is 11.2. The number of nitrogens with one attached hydrogen (secondary N) is 1. The van der Waals surface area contributed by atoms with Gasteiger partial charge in [0.2, 0.25) is 5.91 Å². The highest BCUT2D eigenvalue weighted by Gasteiger charge is 2.28. The van der Waals surface area contributed by atoms with Gasteiger partial charge in [-0.05, 0) is 51.4 Å². The van der Waals surface area contributed by atoms with E-state index in [1.165, 1.54) is 141 Å². The first-order valence-corrected chi connectivity index (χ1v) is 21.7. The minimum absolute atomic E-state index is 0.364. The summed E-state index contributed by atoms with van der Waals surface area (Å²) in [5.74, 6) is -0.596. The summed E-state index contributed by atoms with van der Waals surface area (Å²) < 4.78 is 0. The van der Waals surface area contributed by atoms with Crippen molar-refractivity contribution < 1.29 is 25.2 Å². The first-order valence-electron chi connectivity index (χ1n) is 21.7. The highest BCUT2D eigenvalue weighted by Crippen LogP contribution is 2.16. The van der Waals surface area contributed by atoms with Crippen LogP contribution < -0.4 is 5.32 Å². The van der Waals surface area contributed by atoms with Crippen molar-refractivity contribution in [3.63, 3.8) is 0 Å². The van der Waals surface area contributed by atoms with Gasteiger partial charge in [0.15, 0.2) is 0 Å². The number of hydrogen-bond acceptors (Lipinski definition) is 5. The first kappa shape index (κ1) is 48.8. The fourth-order valence-electron chi connectivity index (χ4n) is 6.66. The van der Waals surface area contributed by atoms with Crippen LogP contribution in [-0.4, -0.2) is 57.3 Å². The molecule has 50 heavy (non-hydrogen) atoms. The number of allylic oxidation sites excluding steroid dienone is 4. The van der Waals surface area contributed by atoms with Gasteiger partial charge < -0.3 is 25.7 Å². The molecular weight excluding hydrogens is 622 g/mol. The van der Waals surface area contributed by atoms with Gasteiger partial charge in [-0.15, -0.1) is 0 Å². The molecule has 0 heterocycles. The fraction of sp³-hybridized carbons (Fsp3) is 0.886. The van der Waals surface area contributed by atoms with E-state index in [2.05, 4.69) is 43.5 Å². The largest absolute Gasteiger partial charge is 0.394 e. The second-order valence-electron chi connectivity index (χ2n) is 15.0. The molecule has 0 fully saturated rings. The number of aliphatic hydroxyl groups is 4. The molecular formula is C44H85NO5. The van der Waals surface area contributed by atoms with Gasteiger partial charge >= 0.3 is 0 Å². The molecule has 0 aromatic heterocycles. The van der Waals surface area contributed by atoms with E-state index in [0.717, 1.165) is 44.9 Å². The molecule has 0 aromatic carbocycles. The van der Waals surface area contributed by atoms with Crippen LogP contribution in [0.4, 0.5) is 0 Å². The molecule has 0 rings (SSSR count). The van der Waals surface area contributed by atoms with Crippen LogP contribution in [0.2, 0.25) is 0 Å². The Labute approximate surface area is 310 Å². The third-order valence-electron chi connectivity index (χ3n) is 10.1. The van der Waals surface area contributed by atoms with Crippen molar-refractivity contribution in [1.29, 1.82) is 0 Å². The van der Waals surface area contributed by atoms with E-state index in [9.17, 15) is 25.2 Å². The topological polar surface area (TPSA) is 110 Å². The van der Waals surface area contributed by atoms with Crippen molar-refractivity contribution in [3.05, 3.63) is 24.3 Å². The van der Waals surface area contributed by atoms with Crippen LogP contribution in [0.3, 0.4) is 0 Å². The smallest absolute Gasteiger partial charge is 0.249 e. The van der Waals surface area contributed by atoms with Gasteiger partial charge in [0.1, 0.15) is 12.2 Å². The standard InChI is InChI=1S/C44H85NO5/c1-3-5-7-9-11-13-15-17-18-19-20-21-22-23-24-26-28-30-32-34-36-38-42(48)44(50)45-40(39-46)43(49)41(47)37-35-33-31-29-27-25-16-14-12-10-8-6-4-2/h14,16,29,31,40-43,46-49H,3-13,15,17-28,30,32-39H2,1-2H3,(H,45,50)/b16-14+,31-29+. The predicted molar refractivity (Wildman–Crippen MR) is 214 cm³/mol. The molecule has 0 aliphatic heterocycles. The molecule has 0 saturated carbocycles. The quantitative estimate of drug-likeness (QED) is 0.0323. The lowest BCUT2D eigenvalue weighted by atomic mass is 10.00. The number of hydrogen-bond donors (Lipinski definition) is 5. The average Bonchev–Trinajstić information content (AvgIpc) is 3.12. The molecule has 1 amide bonds. The van der Waals surface area contributed by atoms with Gasteiger partial charge in [-0.25, -0.2) is 0 Å². The summed E-state index contributed by atoms with van der Waals surface area (Å²) in [4.78, 5) is 12.5. The Balaban J connectivity index is 3.73. The van der Waals surface area contributed by atoms with E-state index in [-0.39, 0.29) is 0 Å². The van der Waals surface area contributed by atoms with E-state index in [1.807, 2.05) is 0 Å². The molecule has 0 aliphatic carbocycles. The lowest BCUT2D eigenvalue weighted by Crippen LogP contribution is -2.53. The average molecular weight is 708 g/mol. The van der Waals surface area contributed by atoms with Gasteiger partial charge in [0, 0.05) is 0 Å². The zero-order valence-corrected chi connectivity index (χ0v) is 33.2. The molecule has 6 heteroatoms. The molecule has 5 N–H and O–H groups in total. The summed E-state index contributed by atoms with van der Waals surface area (Å²) >= 11 is 0. The number of carbonyl (C=O) groups excluding carboxylic acids is 1. The van der Waals surface area contributed by atoms with Crippen molar-refractivity contribution in [2.45, 2.75) is 244 Å². The van der Waals surface area contributed by atoms with Crippen LogP contribution in [0, 0.1) is 0 Å². The van der Waals surface area contributed by atoms with E-state index < -0.39 is 36.9 Å². The molecule has 4 atom stereocenters. The summed E-state index contributed by atoms with van der Waals surface area (Å²) in [6.07, 6.45) is 43.5. The van der Waals surface area contributed by atoms with E-state index in [4.69, 9.17) is 0 Å². The van der Waals surface area contributed by atoms with Gasteiger partial charge in [-0.1, -0.05) is 192 Å². The summed E-state index contributed by atoms with van der Waals surface area (Å²) in [6.45, 7) is 4.01. The fourth-order valence-corrected chi connectivity index (χ4v) is 6.66. The van der Waals surface area contributed by atoms with Gasteiger partial charge in [-0.2, -0.15) is 0 Å². The Hall–Kier alpha value is -1.21. The molecule has 296 valence electrons. The summed E-state index contributed by atoms with van der Waals surface area (Å²) in [5, 5.41) is 43.6. The zero-order valence-electron chi connectivity index (χ0n) is 33.2. The number of carbonyl (C=O) groups is 1. The van der Waals surface area contributed by atoms with Crippen molar-refractivity contribution in [2.75, 3.05) is 6.61 Å². The zero-order chi connectivity index (χ0) is 36.8. The number of unbranched alkanes of at least 4 members (excludes halogenated alkanes) is 26. The summed E-state index contributed by atoms with van der Waals surface area (Å²) in [5.41, 5.74) is 0. The van der Waals surface area contributed by atoms with Crippen LogP contribution in [0.5, 0.6) is 0 Å². The minimum atomic E-state index is -1.29. The number of rotatable bonds is 39. The molecule has 0 radical (unpaired) electrons. The number of amides is 1. The molecule has 0 aliphatic rings. The van der Waals surface area contributed by atoms with Crippen molar-refractivity contribution in [1.82, 2.24) is 5.32 Å².